The third-order valence-corrected chi connectivity index (χ3v) is 10.2. The number of ether oxygens (including phenoxy) is 1. The van der Waals surface area contributed by atoms with Crippen molar-refractivity contribution in [2.24, 2.45) is 5.41 Å². The summed E-state index contributed by atoms with van der Waals surface area (Å²) in [6, 6.07) is 13.6. The van der Waals surface area contributed by atoms with E-state index in [1.165, 1.54) is 12.1 Å². The van der Waals surface area contributed by atoms with Crippen LogP contribution in [-0.2, 0) is 16.6 Å². The molecule has 48 heavy (non-hydrogen) atoms. The number of sulfonamides is 1. The number of rotatable bonds is 5. The maximum absolute atomic E-state index is 14.4. The summed E-state index contributed by atoms with van der Waals surface area (Å²) in [4.78, 5) is 36.8. The molecule has 0 unspecified atom stereocenters. The van der Waals surface area contributed by atoms with Crippen molar-refractivity contribution in [2.45, 2.75) is 84.3 Å². The van der Waals surface area contributed by atoms with Gasteiger partial charge in [0.05, 0.1) is 41.3 Å². The summed E-state index contributed by atoms with van der Waals surface area (Å²) < 4.78 is 36.2. The monoisotopic (exact) mass is 669 g/mol. The molecule has 2 aliphatic rings. The molecule has 1 N–H and O–H groups in total. The van der Waals surface area contributed by atoms with E-state index in [0.717, 1.165) is 41.8 Å². The van der Waals surface area contributed by atoms with Gasteiger partial charge in [-0.2, -0.15) is 4.98 Å². The minimum absolute atomic E-state index is 0.0798. The smallest absolute Gasteiger partial charge is 0.264 e. The summed E-state index contributed by atoms with van der Waals surface area (Å²) >= 11 is 0. The fourth-order valence-electron chi connectivity index (χ4n) is 6.59. The van der Waals surface area contributed by atoms with Crippen LogP contribution in [0.3, 0.4) is 0 Å². The van der Waals surface area contributed by atoms with Gasteiger partial charge in [-0.1, -0.05) is 45.0 Å². The molecular weight excluding hydrogens is 627 g/mol. The second kappa shape index (κ2) is 13.1. The number of nitrogens with one attached hydrogen (secondary N) is 1. The summed E-state index contributed by atoms with van der Waals surface area (Å²) in [7, 11) is -4.17. The Morgan fingerprint density at radius 1 is 1.00 bits per heavy atom. The molecule has 1 saturated heterocycles. The zero-order valence-electron chi connectivity index (χ0n) is 28.4. The van der Waals surface area contributed by atoms with Crippen molar-refractivity contribution in [2.75, 3.05) is 22.8 Å². The van der Waals surface area contributed by atoms with Crippen LogP contribution in [0.2, 0.25) is 0 Å². The van der Waals surface area contributed by atoms with E-state index in [-0.39, 0.29) is 46.8 Å². The predicted octanol–water partition coefficient (Wildman–Crippen LogP) is 6.18. The van der Waals surface area contributed by atoms with Crippen LogP contribution in [0, 0.1) is 19.3 Å². The van der Waals surface area contributed by atoms with E-state index in [1.54, 1.807) is 23.1 Å². The molecule has 2 aliphatic heterocycles. The molecule has 4 bridgehead atoms. The minimum Gasteiger partial charge on any atom is -0.475 e. The molecule has 0 aliphatic carbocycles. The van der Waals surface area contributed by atoms with Crippen molar-refractivity contribution < 1.29 is 17.9 Å². The van der Waals surface area contributed by atoms with E-state index in [9.17, 15) is 13.2 Å². The molecule has 11 nitrogen and oxygen atoms in total. The molecule has 0 saturated carbocycles. The number of benzene rings is 2. The van der Waals surface area contributed by atoms with Gasteiger partial charge < -0.3 is 14.5 Å². The number of aromatic nitrogens is 4. The minimum atomic E-state index is -4.17. The lowest BCUT2D eigenvalue weighted by atomic mass is 9.87. The summed E-state index contributed by atoms with van der Waals surface area (Å²) in [5.74, 6) is 0.206. The third-order valence-electron chi connectivity index (χ3n) is 8.92. The molecule has 1 fully saturated rings. The zero-order valence-corrected chi connectivity index (χ0v) is 29.2. The first-order valence-corrected chi connectivity index (χ1v) is 17.9. The first kappa shape index (κ1) is 33.3. The van der Waals surface area contributed by atoms with Crippen LogP contribution in [0.15, 0.2) is 65.8 Å². The fraction of sp³-hybridized carbons (Fsp3) is 0.417. The van der Waals surface area contributed by atoms with Crippen LogP contribution in [0.1, 0.15) is 74.3 Å². The van der Waals surface area contributed by atoms with Crippen molar-refractivity contribution >= 4 is 27.6 Å². The molecule has 0 spiro atoms. The Morgan fingerprint density at radius 2 is 1.71 bits per heavy atom. The molecule has 2 atom stereocenters. The Balaban J connectivity index is 1.44. The quantitative estimate of drug-likeness (QED) is 0.265. The second-order valence-corrected chi connectivity index (χ2v) is 15.7. The lowest BCUT2D eigenvalue weighted by molar-refractivity contribution is 0.0505. The number of aryl methyl sites for hydroxylation is 2. The van der Waals surface area contributed by atoms with Crippen LogP contribution < -0.4 is 14.4 Å². The van der Waals surface area contributed by atoms with E-state index < -0.39 is 16.1 Å². The largest absolute Gasteiger partial charge is 0.475 e. The first-order valence-electron chi connectivity index (χ1n) is 16.4. The van der Waals surface area contributed by atoms with Crippen LogP contribution in [0.5, 0.6) is 5.88 Å². The number of hydrogen-bond acceptors (Lipinski definition) is 9. The van der Waals surface area contributed by atoms with Crippen LogP contribution in [0.25, 0.3) is 11.3 Å². The molecule has 2 aromatic heterocycles. The van der Waals surface area contributed by atoms with E-state index in [1.807, 2.05) is 44.4 Å². The standard InChI is InChI=1S/C36H43N7O4S/c1-23-10-7-11-24(2)33(23)30-17-32-40-35(39-30)41-48(45,46)29-14-8-13-26(16-29)34(44)43(27(22-47-32)18-36(4,5)6)21-31-37-19-28(20-38-31)42-15-9-12-25(42)3/h7-8,10-11,13-14,16-17,19-20,25,27H,9,12,15,18,21-22H2,1-6H3,(H,39,40,41)/t25-,27+/m0/s1. The Labute approximate surface area is 282 Å². The van der Waals surface area contributed by atoms with Gasteiger partial charge in [0.15, 0.2) is 0 Å². The average Bonchev–Trinajstić information content (AvgIpc) is 3.46. The number of hydrogen-bond donors (Lipinski definition) is 1. The van der Waals surface area contributed by atoms with E-state index in [2.05, 4.69) is 57.3 Å². The van der Waals surface area contributed by atoms with Gasteiger partial charge in [-0.05, 0) is 74.8 Å². The van der Waals surface area contributed by atoms with Crippen LogP contribution >= 0.6 is 0 Å². The molecule has 6 rings (SSSR count). The highest BCUT2D eigenvalue weighted by atomic mass is 32.2. The van der Waals surface area contributed by atoms with E-state index in [4.69, 9.17) is 4.74 Å². The molecule has 252 valence electrons. The fourth-order valence-corrected chi connectivity index (χ4v) is 7.58. The van der Waals surface area contributed by atoms with Crippen molar-refractivity contribution in [3.05, 3.63) is 83.4 Å². The molecule has 4 aromatic rings. The van der Waals surface area contributed by atoms with E-state index >= 15 is 0 Å². The Morgan fingerprint density at radius 3 is 2.38 bits per heavy atom. The number of amides is 1. The number of nitrogens with zero attached hydrogens (tertiary/aromatic N) is 6. The molecule has 2 aromatic carbocycles. The summed E-state index contributed by atoms with van der Waals surface area (Å²) in [6.07, 6.45) is 6.48. The SMILES string of the molecule is Cc1cccc(C)c1-c1cc2nc(n1)NS(=O)(=O)c1cccc(c1)C(=O)N(Cc1ncc(N3CCC[C@@H]3C)cn1)[C@H](CC(C)(C)C)CO2. The van der Waals surface area contributed by atoms with Crippen LogP contribution in [0.4, 0.5) is 11.6 Å². The van der Waals surface area contributed by atoms with Gasteiger partial charge >= 0.3 is 0 Å². The lowest BCUT2D eigenvalue weighted by Crippen LogP contribution is -2.45. The Kier molecular flexibility index (Phi) is 9.12. The normalized spacial score (nSPS) is 19.5. The van der Waals surface area contributed by atoms with Gasteiger partial charge in [0.2, 0.25) is 11.8 Å². The molecule has 0 radical (unpaired) electrons. The maximum atomic E-state index is 14.4. The van der Waals surface area contributed by atoms with Crippen molar-refractivity contribution in [1.29, 1.82) is 0 Å². The highest BCUT2D eigenvalue weighted by molar-refractivity contribution is 7.92. The second-order valence-electron chi connectivity index (χ2n) is 14.0. The number of carbonyl (C=O) groups is 1. The lowest BCUT2D eigenvalue weighted by Gasteiger charge is -2.35. The average molecular weight is 670 g/mol. The molecule has 1 amide bonds. The Bertz CT molecular complexity index is 1910. The summed E-state index contributed by atoms with van der Waals surface area (Å²) in [5.41, 5.74) is 4.34. The van der Waals surface area contributed by atoms with Gasteiger partial charge in [-0.25, -0.2) is 28.1 Å². The van der Waals surface area contributed by atoms with Crippen molar-refractivity contribution in [1.82, 2.24) is 24.8 Å². The van der Waals surface area contributed by atoms with Gasteiger partial charge in [0, 0.05) is 29.8 Å². The third kappa shape index (κ3) is 7.28. The predicted molar refractivity (Wildman–Crippen MR) is 185 cm³/mol. The Hall–Kier alpha value is -4.58. The zero-order chi connectivity index (χ0) is 34.2. The van der Waals surface area contributed by atoms with E-state index in [0.29, 0.717) is 24.0 Å². The maximum Gasteiger partial charge on any atom is 0.264 e. The summed E-state index contributed by atoms with van der Waals surface area (Å²) in [6.45, 7) is 13.7. The van der Waals surface area contributed by atoms with Crippen molar-refractivity contribution in [3.63, 3.8) is 0 Å². The van der Waals surface area contributed by atoms with Gasteiger partial charge in [0.1, 0.15) is 12.4 Å². The van der Waals surface area contributed by atoms with Gasteiger partial charge in [-0.3, -0.25) is 4.79 Å². The number of fused-ring (bicyclic) bond motifs is 4. The van der Waals surface area contributed by atoms with Crippen molar-refractivity contribution in [3.8, 4) is 17.1 Å². The van der Waals surface area contributed by atoms with Crippen LogP contribution in [-0.4, -0.2) is 64.4 Å². The highest BCUT2D eigenvalue weighted by Crippen LogP contribution is 2.32. The highest BCUT2D eigenvalue weighted by Gasteiger charge is 2.32. The number of carbonyl (C=O) groups excluding carboxylic acids is 1. The molecule has 4 heterocycles. The number of anilines is 2. The molecular formula is C36H43N7O4S. The first-order chi connectivity index (χ1) is 22.8. The van der Waals surface area contributed by atoms with Gasteiger partial charge in [0.25, 0.3) is 15.9 Å². The van der Waals surface area contributed by atoms with Gasteiger partial charge in [-0.15, -0.1) is 0 Å². The molecule has 12 heteroatoms. The topological polar surface area (TPSA) is 131 Å². The summed E-state index contributed by atoms with van der Waals surface area (Å²) in [5, 5.41) is 0.